The average Bonchev–Trinajstić information content (AvgIpc) is 2.39. The maximum Gasteiger partial charge on any atom is 0.219 e. The predicted molar refractivity (Wildman–Crippen MR) is 51.7 cm³/mol. The van der Waals surface area contributed by atoms with E-state index in [1.165, 1.54) is 5.56 Å². The summed E-state index contributed by atoms with van der Waals surface area (Å²) in [5, 5.41) is 0. The van der Waals surface area contributed by atoms with Gasteiger partial charge in [-0.1, -0.05) is 0 Å². The molecule has 1 aromatic rings. The number of aromatic nitrogens is 2. The highest BCUT2D eigenvalue weighted by Crippen LogP contribution is 2.11. The van der Waals surface area contributed by atoms with Crippen molar-refractivity contribution in [3.63, 3.8) is 0 Å². The maximum absolute atomic E-state index is 11.2. The van der Waals surface area contributed by atoms with Crippen LogP contribution in [0.3, 0.4) is 0 Å². The first kappa shape index (κ1) is 9.12. The van der Waals surface area contributed by atoms with Gasteiger partial charge in [0.05, 0.1) is 0 Å². The van der Waals surface area contributed by atoms with Crippen LogP contribution in [0.25, 0.3) is 0 Å². The molecule has 0 radical (unpaired) electrons. The fraction of sp³-hybridized carbons (Fsp3) is 0.500. The van der Waals surface area contributed by atoms with Gasteiger partial charge in [-0.25, -0.2) is 9.97 Å². The van der Waals surface area contributed by atoms with E-state index < -0.39 is 0 Å². The number of amides is 1. The Morgan fingerprint density at radius 2 is 2.21 bits per heavy atom. The lowest BCUT2D eigenvalue weighted by Crippen LogP contribution is -2.30. The van der Waals surface area contributed by atoms with Crippen molar-refractivity contribution in [1.82, 2.24) is 14.9 Å². The number of rotatable bonds is 0. The monoisotopic (exact) mass is 191 g/mol. The minimum atomic E-state index is 0.144. The Labute approximate surface area is 83.0 Å². The van der Waals surface area contributed by atoms with Gasteiger partial charge in [-0.2, -0.15) is 0 Å². The van der Waals surface area contributed by atoms with Crippen molar-refractivity contribution < 1.29 is 4.79 Å². The third-order valence-electron chi connectivity index (χ3n) is 2.60. The van der Waals surface area contributed by atoms with E-state index in [4.69, 9.17) is 0 Å². The number of hydrogen-bond acceptors (Lipinski definition) is 3. The van der Waals surface area contributed by atoms with Gasteiger partial charge in [-0.05, 0) is 12.0 Å². The van der Waals surface area contributed by atoms with Crippen LogP contribution < -0.4 is 0 Å². The van der Waals surface area contributed by atoms with Gasteiger partial charge in [0.2, 0.25) is 5.91 Å². The van der Waals surface area contributed by atoms with Crippen molar-refractivity contribution in [3.05, 3.63) is 23.8 Å². The Morgan fingerprint density at radius 3 is 3.00 bits per heavy atom. The molecule has 0 unspecified atom stereocenters. The minimum Gasteiger partial charge on any atom is -0.342 e. The van der Waals surface area contributed by atoms with Crippen molar-refractivity contribution in [2.75, 3.05) is 13.1 Å². The highest BCUT2D eigenvalue weighted by atomic mass is 16.2. The smallest absolute Gasteiger partial charge is 0.219 e. The molecule has 0 aliphatic carbocycles. The highest BCUT2D eigenvalue weighted by Gasteiger charge is 2.15. The Hall–Kier alpha value is -1.45. The second kappa shape index (κ2) is 3.74. The zero-order valence-electron chi connectivity index (χ0n) is 8.23. The van der Waals surface area contributed by atoms with Gasteiger partial charge in [-0.15, -0.1) is 0 Å². The highest BCUT2D eigenvalue weighted by molar-refractivity contribution is 5.73. The summed E-state index contributed by atoms with van der Waals surface area (Å²) >= 11 is 0. The second-order valence-electron chi connectivity index (χ2n) is 3.50. The largest absolute Gasteiger partial charge is 0.342 e. The molecule has 1 aliphatic rings. The molecule has 0 saturated carbocycles. The van der Waals surface area contributed by atoms with Crippen LogP contribution in [0.4, 0.5) is 0 Å². The predicted octanol–water partition coefficient (Wildman–Crippen LogP) is 0.424. The molecule has 2 heterocycles. The molecule has 1 aromatic heterocycles. The number of carbonyl (C=O) groups excluding carboxylic acids is 1. The lowest BCUT2D eigenvalue weighted by atomic mass is 10.1. The molecule has 2 rings (SSSR count). The van der Waals surface area contributed by atoms with Gasteiger partial charge in [0, 0.05) is 38.3 Å². The molecule has 4 nitrogen and oxygen atoms in total. The second-order valence-corrected chi connectivity index (χ2v) is 3.50. The van der Waals surface area contributed by atoms with Gasteiger partial charge in [-0.3, -0.25) is 4.79 Å². The minimum absolute atomic E-state index is 0.144. The van der Waals surface area contributed by atoms with Crippen molar-refractivity contribution >= 4 is 5.91 Å². The normalized spacial score (nSPS) is 15.9. The Balaban J connectivity index is 2.18. The van der Waals surface area contributed by atoms with Crippen LogP contribution in [0.5, 0.6) is 0 Å². The van der Waals surface area contributed by atoms with Gasteiger partial charge in [0.25, 0.3) is 0 Å². The molecule has 0 spiro atoms. The standard InChI is InChI=1S/C10H13N3O/c1-8(14)13-4-2-9-6-11-7-12-10(9)3-5-13/h6-7H,2-5H2,1H3. The van der Waals surface area contributed by atoms with Crippen molar-refractivity contribution in [1.29, 1.82) is 0 Å². The summed E-state index contributed by atoms with van der Waals surface area (Å²) in [6.07, 6.45) is 5.14. The topological polar surface area (TPSA) is 46.1 Å². The molecule has 0 aromatic carbocycles. The van der Waals surface area contributed by atoms with Crippen LogP contribution in [-0.4, -0.2) is 33.9 Å². The van der Waals surface area contributed by atoms with Crippen LogP contribution in [0.2, 0.25) is 0 Å². The maximum atomic E-state index is 11.2. The molecule has 0 atom stereocenters. The van der Waals surface area contributed by atoms with E-state index in [0.29, 0.717) is 0 Å². The number of carbonyl (C=O) groups is 1. The summed E-state index contributed by atoms with van der Waals surface area (Å²) in [7, 11) is 0. The average molecular weight is 191 g/mol. The Bertz CT molecular complexity index is 324. The third kappa shape index (κ3) is 1.73. The van der Waals surface area contributed by atoms with Gasteiger partial charge >= 0.3 is 0 Å². The van der Waals surface area contributed by atoms with E-state index in [2.05, 4.69) is 9.97 Å². The van der Waals surface area contributed by atoms with Crippen molar-refractivity contribution in [2.45, 2.75) is 19.8 Å². The van der Waals surface area contributed by atoms with Gasteiger partial charge in [0.1, 0.15) is 6.33 Å². The van der Waals surface area contributed by atoms with Gasteiger partial charge in [0.15, 0.2) is 0 Å². The summed E-state index contributed by atoms with van der Waals surface area (Å²) < 4.78 is 0. The molecular weight excluding hydrogens is 178 g/mol. The summed E-state index contributed by atoms with van der Waals surface area (Å²) in [5.74, 6) is 0.144. The molecule has 0 N–H and O–H groups in total. The molecule has 1 aliphatic heterocycles. The fourth-order valence-corrected chi connectivity index (χ4v) is 1.74. The third-order valence-corrected chi connectivity index (χ3v) is 2.60. The van der Waals surface area contributed by atoms with Crippen LogP contribution in [0, 0.1) is 0 Å². The van der Waals surface area contributed by atoms with E-state index in [0.717, 1.165) is 31.6 Å². The molecule has 4 heteroatoms. The lowest BCUT2D eigenvalue weighted by Gasteiger charge is -2.17. The summed E-state index contributed by atoms with van der Waals surface area (Å²) in [5.41, 5.74) is 2.26. The van der Waals surface area contributed by atoms with Crippen LogP contribution in [-0.2, 0) is 17.6 Å². The zero-order chi connectivity index (χ0) is 9.97. The van der Waals surface area contributed by atoms with E-state index in [-0.39, 0.29) is 5.91 Å². The fourth-order valence-electron chi connectivity index (χ4n) is 1.74. The molecular formula is C10H13N3O. The quantitative estimate of drug-likeness (QED) is 0.597. The summed E-state index contributed by atoms with van der Waals surface area (Å²) in [6.45, 7) is 3.18. The van der Waals surface area contributed by atoms with Gasteiger partial charge < -0.3 is 4.90 Å². The summed E-state index contributed by atoms with van der Waals surface area (Å²) in [6, 6.07) is 0. The van der Waals surface area contributed by atoms with E-state index in [1.54, 1.807) is 13.3 Å². The number of hydrogen-bond donors (Lipinski definition) is 0. The molecule has 0 bridgehead atoms. The number of fused-ring (bicyclic) bond motifs is 1. The first-order valence-corrected chi connectivity index (χ1v) is 4.80. The molecule has 0 fully saturated rings. The van der Waals surface area contributed by atoms with E-state index >= 15 is 0 Å². The van der Waals surface area contributed by atoms with Crippen LogP contribution in [0.1, 0.15) is 18.2 Å². The van der Waals surface area contributed by atoms with E-state index in [1.807, 2.05) is 11.1 Å². The molecule has 74 valence electrons. The molecule has 14 heavy (non-hydrogen) atoms. The molecule has 1 amide bonds. The Kier molecular flexibility index (Phi) is 2.43. The number of nitrogens with zero attached hydrogens (tertiary/aromatic N) is 3. The van der Waals surface area contributed by atoms with E-state index in [9.17, 15) is 4.79 Å². The molecule has 0 saturated heterocycles. The Morgan fingerprint density at radius 1 is 1.43 bits per heavy atom. The first-order chi connectivity index (χ1) is 6.77. The SMILES string of the molecule is CC(=O)N1CCc2cncnc2CC1. The van der Waals surface area contributed by atoms with Crippen LogP contribution in [0.15, 0.2) is 12.5 Å². The zero-order valence-corrected chi connectivity index (χ0v) is 8.23. The first-order valence-electron chi connectivity index (χ1n) is 4.80. The van der Waals surface area contributed by atoms with Crippen molar-refractivity contribution in [3.8, 4) is 0 Å². The lowest BCUT2D eigenvalue weighted by molar-refractivity contribution is -0.128. The van der Waals surface area contributed by atoms with Crippen LogP contribution >= 0.6 is 0 Å². The van der Waals surface area contributed by atoms with Crippen molar-refractivity contribution in [2.24, 2.45) is 0 Å². The summed E-state index contributed by atoms with van der Waals surface area (Å²) in [4.78, 5) is 21.3.